The summed E-state index contributed by atoms with van der Waals surface area (Å²) in [7, 11) is 0. The Morgan fingerprint density at radius 2 is 1.77 bits per heavy atom. The topological polar surface area (TPSA) is 0 Å². The van der Waals surface area contributed by atoms with E-state index < -0.39 is 0 Å². The number of rotatable bonds is 7. The Kier molecular flexibility index (Phi) is 7.03. The molecule has 0 aromatic rings. The molecule has 0 bridgehead atoms. The summed E-state index contributed by atoms with van der Waals surface area (Å²) >= 11 is 0. The molecule has 0 aromatic heterocycles. The molecule has 0 heterocycles. The maximum atomic E-state index is 2.37. The predicted molar refractivity (Wildman–Crippen MR) is 62.0 cm³/mol. The molecule has 1 atom stereocenters. The van der Waals surface area contributed by atoms with Crippen LogP contribution in [0.3, 0.4) is 0 Å². The van der Waals surface area contributed by atoms with Gasteiger partial charge in [-0.05, 0) is 25.2 Å². The smallest absolute Gasteiger partial charge is 0.0149 e. The van der Waals surface area contributed by atoms with Gasteiger partial charge in [-0.3, -0.25) is 0 Å². The van der Waals surface area contributed by atoms with Gasteiger partial charge < -0.3 is 0 Å². The molecular weight excluding hydrogens is 156 g/mol. The van der Waals surface area contributed by atoms with Crippen molar-refractivity contribution in [1.82, 2.24) is 0 Å². The molecule has 0 aliphatic rings. The van der Waals surface area contributed by atoms with E-state index in [9.17, 15) is 0 Å². The van der Waals surface area contributed by atoms with E-state index in [1.165, 1.54) is 38.5 Å². The van der Waals surface area contributed by atoms with Crippen LogP contribution in [0.15, 0.2) is 12.2 Å². The Bertz CT molecular complexity index is 135. The maximum Gasteiger partial charge on any atom is -0.0149 e. The lowest BCUT2D eigenvalue weighted by atomic mass is 9.82. The molecule has 0 fully saturated rings. The average Bonchev–Trinajstić information content (AvgIpc) is 2.13. The summed E-state index contributed by atoms with van der Waals surface area (Å²) in [5.74, 6) is 0. The zero-order valence-corrected chi connectivity index (χ0v) is 9.90. The van der Waals surface area contributed by atoms with Gasteiger partial charge in [-0.1, -0.05) is 58.6 Å². The molecule has 0 saturated heterocycles. The molecule has 1 unspecified atom stereocenters. The van der Waals surface area contributed by atoms with Crippen LogP contribution in [0, 0.1) is 5.41 Å². The molecule has 0 rings (SSSR count). The van der Waals surface area contributed by atoms with Gasteiger partial charge in [-0.25, -0.2) is 0 Å². The highest BCUT2D eigenvalue weighted by molar-refractivity contribution is 4.94. The lowest BCUT2D eigenvalue weighted by Crippen LogP contribution is -2.11. The van der Waals surface area contributed by atoms with Gasteiger partial charge in [0.2, 0.25) is 0 Å². The third-order valence-corrected chi connectivity index (χ3v) is 2.98. The lowest BCUT2D eigenvalue weighted by molar-refractivity contribution is 0.357. The van der Waals surface area contributed by atoms with E-state index in [4.69, 9.17) is 0 Å². The van der Waals surface area contributed by atoms with E-state index in [1.807, 2.05) is 0 Å². The van der Waals surface area contributed by atoms with E-state index in [2.05, 4.69) is 39.8 Å². The van der Waals surface area contributed by atoms with Crippen molar-refractivity contribution in [3.05, 3.63) is 12.2 Å². The second-order valence-electron chi connectivity index (χ2n) is 4.32. The van der Waals surface area contributed by atoms with E-state index in [0.717, 1.165) is 0 Å². The SMILES string of the molecule is C/C=C/C(C)(CC)CCCCCC. The van der Waals surface area contributed by atoms with Gasteiger partial charge in [0.05, 0.1) is 0 Å². The van der Waals surface area contributed by atoms with Crippen molar-refractivity contribution in [2.75, 3.05) is 0 Å². The van der Waals surface area contributed by atoms with E-state index in [1.54, 1.807) is 0 Å². The van der Waals surface area contributed by atoms with E-state index >= 15 is 0 Å². The maximum absolute atomic E-state index is 2.37. The highest BCUT2D eigenvalue weighted by Gasteiger charge is 2.16. The third kappa shape index (κ3) is 5.90. The molecule has 0 radical (unpaired) electrons. The van der Waals surface area contributed by atoms with E-state index in [0.29, 0.717) is 5.41 Å². The fourth-order valence-corrected chi connectivity index (χ4v) is 1.74. The molecular formula is C13H26. The number of allylic oxidation sites excluding steroid dienone is 2. The average molecular weight is 182 g/mol. The molecule has 0 amide bonds. The number of hydrogen-bond donors (Lipinski definition) is 0. The first-order chi connectivity index (χ1) is 6.18. The third-order valence-electron chi connectivity index (χ3n) is 2.98. The summed E-state index contributed by atoms with van der Waals surface area (Å²) in [6.07, 6.45) is 12.7. The van der Waals surface area contributed by atoms with Crippen LogP contribution in [-0.4, -0.2) is 0 Å². The van der Waals surface area contributed by atoms with Crippen LogP contribution in [-0.2, 0) is 0 Å². The fraction of sp³-hybridized carbons (Fsp3) is 0.846. The van der Waals surface area contributed by atoms with Gasteiger partial charge in [0.1, 0.15) is 0 Å². The highest BCUT2D eigenvalue weighted by atomic mass is 14.2. The fourth-order valence-electron chi connectivity index (χ4n) is 1.74. The summed E-state index contributed by atoms with van der Waals surface area (Å²) in [4.78, 5) is 0. The standard InChI is InChI=1S/C13H26/c1-5-8-9-10-12-13(4,7-3)11-6-2/h6,11H,5,7-10,12H2,1-4H3/b11-6+. The van der Waals surface area contributed by atoms with Crippen LogP contribution in [0.25, 0.3) is 0 Å². The van der Waals surface area contributed by atoms with Crippen molar-refractivity contribution < 1.29 is 0 Å². The van der Waals surface area contributed by atoms with Gasteiger partial charge >= 0.3 is 0 Å². The van der Waals surface area contributed by atoms with Crippen LogP contribution < -0.4 is 0 Å². The van der Waals surface area contributed by atoms with E-state index in [-0.39, 0.29) is 0 Å². The van der Waals surface area contributed by atoms with Crippen molar-refractivity contribution in [2.24, 2.45) is 5.41 Å². The quantitative estimate of drug-likeness (QED) is 0.386. The first-order valence-corrected chi connectivity index (χ1v) is 5.82. The summed E-state index contributed by atoms with van der Waals surface area (Å²) in [6, 6.07) is 0. The molecule has 0 aliphatic carbocycles. The van der Waals surface area contributed by atoms with Gasteiger partial charge in [0, 0.05) is 0 Å². The molecule has 0 spiro atoms. The molecule has 0 saturated carbocycles. The minimum absolute atomic E-state index is 0.461. The molecule has 0 heteroatoms. The second kappa shape index (κ2) is 7.17. The molecule has 0 aromatic carbocycles. The zero-order chi connectivity index (χ0) is 10.2. The summed E-state index contributed by atoms with van der Waals surface area (Å²) in [6.45, 7) is 9.06. The second-order valence-corrected chi connectivity index (χ2v) is 4.32. The van der Waals surface area contributed by atoms with Crippen molar-refractivity contribution >= 4 is 0 Å². The first kappa shape index (κ1) is 12.7. The van der Waals surface area contributed by atoms with Crippen molar-refractivity contribution in [1.29, 1.82) is 0 Å². The minimum atomic E-state index is 0.461. The van der Waals surface area contributed by atoms with Crippen molar-refractivity contribution in [2.45, 2.75) is 66.2 Å². The monoisotopic (exact) mass is 182 g/mol. The normalized spacial score (nSPS) is 16.3. The van der Waals surface area contributed by atoms with Crippen LogP contribution in [0.4, 0.5) is 0 Å². The Labute approximate surface area is 84.4 Å². The molecule has 0 nitrogen and oxygen atoms in total. The Hall–Kier alpha value is -0.260. The van der Waals surface area contributed by atoms with Crippen LogP contribution >= 0.6 is 0 Å². The summed E-state index contributed by atoms with van der Waals surface area (Å²) in [5, 5.41) is 0. The summed E-state index contributed by atoms with van der Waals surface area (Å²) < 4.78 is 0. The molecule has 78 valence electrons. The molecule has 0 N–H and O–H groups in total. The van der Waals surface area contributed by atoms with Crippen LogP contribution in [0.1, 0.15) is 66.2 Å². The zero-order valence-electron chi connectivity index (χ0n) is 9.90. The minimum Gasteiger partial charge on any atom is -0.0911 e. The largest absolute Gasteiger partial charge is 0.0911 e. The Morgan fingerprint density at radius 1 is 1.08 bits per heavy atom. The Morgan fingerprint density at radius 3 is 2.23 bits per heavy atom. The highest BCUT2D eigenvalue weighted by Crippen LogP contribution is 2.29. The lowest BCUT2D eigenvalue weighted by Gasteiger charge is -2.24. The first-order valence-electron chi connectivity index (χ1n) is 5.82. The Balaban J connectivity index is 3.70. The molecule has 0 aliphatic heterocycles. The van der Waals surface area contributed by atoms with Gasteiger partial charge in [0.25, 0.3) is 0 Å². The van der Waals surface area contributed by atoms with Gasteiger partial charge in [-0.15, -0.1) is 0 Å². The predicted octanol–water partition coefficient (Wildman–Crippen LogP) is 4.95. The van der Waals surface area contributed by atoms with Gasteiger partial charge in [0.15, 0.2) is 0 Å². The number of unbranched alkanes of at least 4 members (excludes halogenated alkanes) is 3. The summed E-state index contributed by atoms with van der Waals surface area (Å²) in [5.41, 5.74) is 0.461. The molecule has 13 heavy (non-hydrogen) atoms. The van der Waals surface area contributed by atoms with Crippen molar-refractivity contribution in [3.8, 4) is 0 Å². The van der Waals surface area contributed by atoms with Crippen LogP contribution in [0.2, 0.25) is 0 Å². The van der Waals surface area contributed by atoms with Crippen LogP contribution in [0.5, 0.6) is 0 Å². The van der Waals surface area contributed by atoms with Gasteiger partial charge in [-0.2, -0.15) is 0 Å². The number of hydrogen-bond acceptors (Lipinski definition) is 0. The van der Waals surface area contributed by atoms with Crippen molar-refractivity contribution in [3.63, 3.8) is 0 Å².